The summed E-state index contributed by atoms with van der Waals surface area (Å²) in [5.41, 5.74) is 0.794. The molecule has 4 heteroatoms. The zero-order valence-corrected chi connectivity index (χ0v) is 11.2. The third-order valence-electron chi connectivity index (χ3n) is 3.18. The number of benzene rings is 1. The summed E-state index contributed by atoms with van der Waals surface area (Å²) >= 11 is 5.98. The summed E-state index contributed by atoms with van der Waals surface area (Å²) in [6.07, 6.45) is 4.16. The van der Waals surface area contributed by atoms with Gasteiger partial charge in [-0.3, -0.25) is 14.5 Å². The van der Waals surface area contributed by atoms with Gasteiger partial charge in [0.2, 0.25) is 0 Å². The fourth-order valence-corrected chi connectivity index (χ4v) is 2.45. The Morgan fingerprint density at radius 2 is 1.89 bits per heavy atom. The minimum Gasteiger partial charge on any atom is -0.274 e. The molecule has 0 spiro atoms. The number of imide groups is 1. The molecule has 1 aliphatic heterocycles. The molecule has 2 amide bonds. The van der Waals surface area contributed by atoms with Crippen LogP contribution in [0, 0.1) is 0 Å². The van der Waals surface area contributed by atoms with Crippen molar-refractivity contribution in [3.8, 4) is 0 Å². The second-order valence-electron chi connectivity index (χ2n) is 4.48. The molecule has 0 bridgehead atoms. The van der Waals surface area contributed by atoms with Gasteiger partial charge in [-0.25, -0.2) is 0 Å². The smallest absolute Gasteiger partial charge is 0.263 e. The Balaban J connectivity index is 2.11. The van der Waals surface area contributed by atoms with Crippen molar-refractivity contribution in [1.82, 2.24) is 4.90 Å². The second-order valence-corrected chi connectivity index (χ2v) is 4.89. The van der Waals surface area contributed by atoms with E-state index in [1.807, 2.05) is 0 Å². The van der Waals surface area contributed by atoms with Gasteiger partial charge < -0.3 is 0 Å². The fraction of sp³-hybridized carbons (Fsp3) is 0.429. The molecular formula is C14H16ClNO2. The summed E-state index contributed by atoms with van der Waals surface area (Å²) in [7, 11) is 0. The van der Waals surface area contributed by atoms with Gasteiger partial charge in [-0.05, 0) is 18.6 Å². The zero-order chi connectivity index (χ0) is 13.1. The molecule has 0 N–H and O–H groups in total. The Labute approximate surface area is 112 Å². The van der Waals surface area contributed by atoms with Crippen LogP contribution in [-0.2, 0) is 0 Å². The van der Waals surface area contributed by atoms with Crippen molar-refractivity contribution in [3.63, 3.8) is 0 Å². The number of amides is 2. The molecule has 0 atom stereocenters. The van der Waals surface area contributed by atoms with E-state index in [-0.39, 0.29) is 11.8 Å². The van der Waals surface area contributed by atoms with Crippen LogP contribution in [0.2, 0.25) is 5.02 Å². The molecule has 1 aromatic carbocycles. The van der Waals surface area contributed by atoms with Gasteiger partial charge in [0.05, 0.1) is 16.1 Å². The van der Waals surface area contributed by atoms with E-state index in [9.17, 15) is 9.59 Å². The highest BCUT2D eigenvalue weighted by molar-refractivity contribution is 6.37. The number of unbranched alkanes of at least 4 members (excludes halogenated alkanes) is 3. The molecule has 96 valence electrons. The van der Waals surface area contributed by atoms with E-state index in [4.69, 9.17) is 11.6 Å². The quantitative estimate of drug-likeness (QED) is 0.603. The molecule has 0 unspecified atom stereocenters. The van der Waals surface area contributed by atoms with Gasteiger partial charge in [-0.2, -0.15) is 0 Å². The van der Waals surface area contributed by atoms with Crippen LogP contribution in [0.15, 0.2) is 18.2 Å². The van der Waals surface area contributed by atoms with Crippen molar-refractivity contribution in [2.45, 2.75) is 32.6 Å². The van der Waals surface area contributed by atoms with Crippen LogP contribution in [0.5, 0.6) is 0 Å². The summed E-state index contributed by atoms with van der Waals surface area (Å²) in [4.78, 5) is 25.5. The predicted molar refractivity (Wildman–Crippen MR) is 71.0 cm³/mol. The lowest BCUT2D eigenvalue weighted by atomic mass is 10.1. The number of nitrogens with zero attached hydrogens (tertiary/aromatic N) is 1. The summed E-state index contributed by atoms with van der Waals surface area (Å²) in [6, 6.07) is 5.01. The topological polar surface area (TPSA) is 37.4 Å². The lowest BCUT2D eigenvalue weighted by Crippen LogP contribution is -2.30. The minimum absolute atomic E-state index is 0.214. The second kappa shape index (κ2) is 5.53. The molecule has 0 saturated heterocycles. The van der Waals surface area contributed by atoms with Crippen molar-refractivity contribution in [2.24, 2.45) is 0 Å². The Morgan fingerprint density at radius 1 is 1.11 bits per heavy atom. The molecule has 1 heterocycles. The Bertz CT molecular complexity index is 485. The first-order valence-electron chi connectivity index (χ1n) is 6.31. The summed E-state index contributed by atoms with van der Waals surface area (Å²) < 4.78 is 0. The van der Waals surface area contributed by atoms with Crippen LogP contribution >= 0.6 is 11.6 Å². The van der Waals surface area contributed by atoms with E-state index in [2.05, 4.69) is 6.92 Å². The van der Waals surface area contributed by atoms with Crippen LogP contribution in [0.3, 0.4) is 0 Å². The third-order valence-corrected chi connectivity index (χ3v) is 3.50. The normalized spacial score (nSPS) is 14.2. The fourth-order valence-electron chi connectivity index (χ4n) is 2.19. The first kappa shape index (κ1) is 13.1. The molecule has 3 nitrogen and oxygen atoms in total. The largest absolute Gasteiger partial charge is 0.274 e. The van der Waals surface area contributed by atoms with Crippen molar-refractivity contribution in [2.75, 3.05) is 6.54 Å². The van der Waals surface area contributed by atoms with Gasteiger partial charge in [-0.15, -0.1) is 0 Å². The highest BCUT2D eigenvalue weighted by atomic mass is 35.5. The molecule has 0 radical (unpaired) electrons. The van der Waals surface area contributed by atoms with Crippen molar-refractivity contribution in [3.05, 3.63) is 34.3 Å². The number of hydrogen-bond acceptors (Lipinski definition) is 2. The third kappa shape index (κ3) is 2.27. The van der Waals surface area contributed by atoms with Crippen LogP contribution in [0.4, 0.5) is 0 Å². The number of carbonyl (C=O) groups excluding carboxylic acids is 2. The van der Waals surface area contributed by atoms with Crippen molar-refractivity contribution < 1.29 is 9.59 Å². The van der Waals surface area contributed by atoms with E-state index in [0.29, 0.717) is 22.7 Å². The van der Waals surface area contributed by atoms with Crippen LogP contribution in [0.1, 0.15) is 53.3 Å². The Hall–Kier alpha value is -1.35. The summed E-state index contributed by atoms with van der Waals surface area (Å²) in [5.74, 6) is -0.467. The number of carbonyl (C=O) groups is 2. The van der Waals surface area contributed by atoms with Gasteiger partial charge in [0.25, 0.3) is 11.8 Å². The van der Waals surface area contributed by atoms with Crippen LogP contribution in [0.25, 0.3) is 0 Å². The lowest BCUT2D eigenvalue weighted by molar-refractivity contribution is 0.0651. The highest BCUT2D eigenvalue weighted by Crippen LogP contribution is 2.29. The van der Waals surface area contributed by atoms with E-state index in [0.717, 1.165) is 25.7 Å². The molecule has 0 aliphatic carbocycles. The first-order chi connectivity index (χ1) is 8.66. The van der Waals surface area contributed by atoms with E-state index < -0.39 is 0 Å². The Morgan fingerprint density at radius 3 is 2.56 bits per heavy atom. The number of halogens is 1. The van der Waals surface area contributed by atoms with Gasteiger partial charge >= 0.3 is 0 Å². The molecule has 0 saturated carbocycles. The number of fused-ring (bicyclic) bond motifs is 1. The molecule has 18 heavy (non-hydrogen) atoms. The SMILES string of the molecule is CCCCCCN1C(=O)c2cccc(Cl)c2C1=O. The monoisotopic (exact) mass is 265 g/mol. The lowest BCUT2D eigenvalue weighted by Gasteiger charge is -2.13. The Kier molecular flexibility index (Phi) is 4.02. The van der Waals surface area contributed by atoms with E-state index in [1.54, 1.807) is 18.2 Å². The molecule has 1 aliphatic rings. The zero-order valence-electron chi connectivity index (χ0n) is 10.4. The van der Waals surface area contributed by atoms with Gasteiger partial charge in [-0.1, -0.05) is 43.9 Å². The maximum atomic E-state index is 12.1. The number of hydrogen-bond donors (Lipinski definition) is 0. The highest BCUT2D eigenvalue weighted by Gasteiger charge is 2.36. The van der Waals surface area contributed by atoms with Crippen LogP contribution in [-0.4, -0.2) is 23.3 Å². The maximum Gasteiger partial charge on any atom is 0.263 e. The standard InChI is InChI=1S/C14H16ClNO2/c1-2-3-4-5-9-16-13(17)10-7-6-8-11(15)12(10)14(16)18/h6-8H,2-5,9H2,1H3. The average Bonchev–Trinajstić information content (AvgIpc) is 2.60. The molecule has 1 aromatic rings. The molecular weight excluding hydrogens is 250 g/mol. The number of rotatable bonds is 5. The van der Waals surface area contributed by atoms with E-state index >= 15 is 0 Å². The van der Waals surface area contributed by atoms with Gasteiger partial charge in [0.1, 0.15) is 0 Å². The van der Waals surface area contributed by atoms with Crippen molar-refractivity contribution in [1.29, 1.82) is 0 Å². The average molecular weight is 266 g/mol. The molecule has 0 aromatic heterocycles. The predicted octanol–water partition coefficient (Wildman–Crippen LogP) is 3.52. The molecule has 2 rings (SSSR count). The molecule has 0 fully saturated rings. The van der Waals surface area contributed by atoms with Gasteiger partial charge in [0, 0.05) is 6.54 Å². The maximum absolute atomic E-state index is 12.1. The summed E-state index contributed by atoms with van der Waals surface area (Å²) in [6.45, 7) is 2.62. The minimum atomic E-state index is -0.253. The summed E-state index contributed by atoms with van der Waals surface area (Å²) in [5, 5.41) is 0.363. The first-order valence-corrected chi connectivity index (χ1v) is 6.69. The van der Waals surface area contributed by atoms with E-state index in [1.165, 1.54) is 4.90 Å². The van der Waals surface area contributed by atoms with Crippen molar-refractivity contribution >= 4 is 23.4 Å². The van der Waals surface area contributed by atoms with Crippen LogP contribution < -0.4 is 0 Å². The van der Waals surface area contributed by atoms with Gasteiger partial charge in [0.15, 0.2) is 0 Å².